The molecule has 1 aromatic heterocycles. The molecule has 152 valence electrons. The van der Waals surface area contributed by atoms with Crippen LogP contribution < -0.4 is 10.6 Å². The van der Waals surface area contributed by atoms with Crippen LogP contribution in [0, 0.1) is 18.8 Å². The van der Waals surface area contributed by atoms with Gasteiger partial charge < -0.3 is 20.0 Å². The number of likely N-dealkylation sites (tertiary alicyclic amines) is 1. The van der Waals surface area contributed by atoms with Crippen molar-refractivity contribution in [3.05, 3.63) is 23.7 Å². The van der Waals surface area contributed by atoms with Gasteiger partial charge in [0.1, 0.15) is 5.76 Å². The molecule has 6 nitrogen and oxygen atoms in total. The van der Waals surface area contributed by atoms with Crippen LogP contribution in [0.5, 0.6) is 0 Å². The van der Waals surface area contributed by atoms with Gasteiger partial charge in [-0.3, -0.25) is 9.59 Å². The van der Waals surface area contributed by atoms with Crippen LogP contribution in [-0.2, 0) is 4.79 Å². The Morgan fingerprint density at radius 3 is 2.67 bits per heavy atom. The first-order valence-corrected chi connectivity index (χ1v) is 9.88. The molecule has 0 spiro atoms. The number of halogens is 1. The molecule has 27 heavy (non-hydrogen) atoms. The molecule has 2 fully saturated rings. The van der Waals surface area contributed by atoms with E-state index in [4.69, 9.17) is 4.42 Å². The van der Waals surface area contributed by atoms with Crippen molar-refractivity contribution in [3.8, 4) is 0 Å². The number of rotatable bonds is 5. The van der Waals surface area contributed by atoms with Crippen molar-refractivity contribution >= 4 is 24.2 Å². The number of carbonyl (C=O) groups excluding carboxylic acids is 2. The van der Waals surface area contributed by atoms with Crippen LogP contribution >= 0.6 is 12.4 Å². The first-order chi connectivity index (χ1) is 12.5. The number of hydrogen-bond donors (Lipinski definition) is 2. The summed E-state index contributed by atoms with van der Waals surface area (Å²) in [5.74, 6) is 1.86. The van der Waals surface area contributed by atoms with Gasteiger partial charge in [0.2, 0.25) is 5.91 Å². The number of amides is 2. The summed E-state index contributed by atoms with van der Waals surface area (Å²) < 4.78 is 5.19. The van der Waals surface area contributed by atoms with Gasteiger partial charge in [0.05, 0.1) is 11.8 Å². The number of piperidine rings is 2. The first kappa shape index (κ1) is 21.8. The fourth-order valence-corrected chi connectivity index (χ4v) is 4.09. The van der Waals surface area contributed by atoms with E-state index in [1.54, 1.807) is 13.0 Å². The molecule has 2 aliphatic rings. The summed E-state index contributed by atoms with van der Waals surface area (Å²) in [5, 5.41) is 6.51. The Labute approximate surface area is 167 Å². The molecule has 7 heteroatoms. The zero-order chi connectivity index (χ0) is 18.5. The molecule has 3 rings (SSSR count). The topological polar surface area (TPSA) is 74.6 Å². The zero-order valence-corrected chi connectivity index (χ0v) is 17.1. The molecular weight excluding hydrogens is 366 g/mol. The van der Waals surface area contributed by atoms with Crippen molar-refractivity contribution in [1.29, 1.82) is 0 Å². The molecule has 0 radical (unpaired) electrons. The van der Waals surface area contributed by atoms with Gasteiger partial charge in [0.15, 0.2) is 0 Å². The fourth-order valence-electron chi connectivity index (χ4n) is 4.09. The van der Waals surface area contributed by atoms with Crippen LogP contribution in [0.1, 0.15) is 55.1 Å². The average Bonchev–Trinajstić information content (AvgIpc) is 3.09. The predicted octanol–water partition coefficient (Wildman–Crippen LogP) is 2.76. The van der Waals surface area contributed by atoms with Crippen molar-refractivity contribution in [1.82, 2.24) is 15.5 Å². The molecule has 0 aromatic carbocycles. The summed E-state index contributed by atoms with van der Waals surface area (Å²) in [6.07, 6.45) is 6.24. The van der Waals surface area contributed by atoms with Crippen molar-refractivity contribution in [2.45, 2.75) is 52.0 Å². The van der Waals surface area contributed by atoms with Crippen molar-refractivity contribution < 1.29 is 14.0 Å². The second kappa shape index (κ2) is 10.1. The van der Waals surface area contributed by atoms with Gasteiger partial charge in [-0.25, -0.2) is 0 Å². The van der Waals surface area contributed by atoms with Crippen molar-refractivity contribution in [2.75, 3.05) is 26.2 Å². The smallest absolute Gasteiger partial charge is 0.255 e. The lowest BCUT2D eigenvalue weighted by molar-refractivity contribution is -0.133. The summed E-state index contributed by atoms with van der Waals surface area (Å²) in [5.41, 5.74) is 0.596. The van der Waals surface area contributed by atoms with E-state index in [9.17, 15) is 9.59 Å². The van der Waals surface area contributed by atoms with Gasteiger partial charge in [-0.2, -0.15) is 0 Å². The van der Waals surface area contributed by atoms with Gasteiger partial charge in [0, 0.05) is 25.6 Å². The second-order valence-electron chi connectivity index (χ2n) is 7.81. The number of furan rings is 1. The Hall–Kier alpha value is -1.53. The van der Waals surface area contributed by atoms with E-state index in [2.05, 4.69) is 17.6 Å². The maximum Gasteiger partial charge on any atom is 0.255 e. The van der Waals surface area contributed by atoms with E-state index in [1.165, 1.54) is 19.1 Å². The highest BCUT2D eigenvalue weighted by Crippen LogP contribution is 2.24. The molecule has 1 aromatic rings. The quantitative estimate of drug-likeness (QED) is 0.801. The van der Waals surface area contributed by atoms with Crippen LogP contribution in [0.3, 0.4) is 0 Å². The largest absolute Gasteiger partial charge is 0.469 e. The van der Waals surface area contributed by atoms with E-state index in [-0.39, 0.29) is 30.3 Å². The number of hydrogen-bond acceptors (Lipinski definition) is 4. The summed E-state index contributed by atoms with van der Waals surface area (Å²) in [6, 6.07) is 1.82. The highest BCUT2D eigenvalue weighted by molar-refractivity contribution is 5.95. The van der Waals surface area contributed by atoms with Crippen molar-refractivity contribution in [3.63, 3.8) is 0 Å². The summed E-state index contributed by atoms with van der Waals surface area (Å²) in [4.78, 5) is 26.9. The van der Waals surface area contributed by atoms with E-state index in [0.29, 0.717) is 29.6 Å². The normalized spacial score (nSPS) is 22.0. The molecule has 2 atom stereocenters. The molecule has 0 saturated carbocycles. The Morgan fingerprint density at radius 2 is 2.07 bits per heavy atom. The third-order valence-corrected chi connectivity index (χ3v) is 5.92. The van der Waals surface area contributed by atoms with Crippen LogP contribution in [0.2, 0.25) is 0 Å². The van der Waals surface area contributed by atoms with Crippen LogP contribution in [0.15, 0.2) is 16.7 Å². The highest BCUT2D eigenvalue weighted by Gasteiger charge is 2.28. The molecule has 3 heterocycles. The molecule has 2 amide bonds. The minimum atomic E-state index is -0.0838. The lowest BCUT2D eigenvalue weighted by Crippen LogP contribution is -2.47. The van der Waals surface area contributed by atoms with Crippen molar-refractivity contribution in [2.24, 2.45) is 11.8 Å². The Morgan fingerprint density at radius 1 is 1.33 bits per heavy atom. The molecule has 0 bridgehead atoms. The number of nitrogens with zero attached hydrogens (tertiary/aromatic N) is 1. The van der Waals surface area contributed by atoms with Gasteiger partial charge in [0.25, 0.3) is 5.91 Å². The van der Waals surface area contributed by atoms with E-state index < -0.39 is 0 Å². The molecule has 2 saturated heterocycles. The Kier molecular flexibility index (Phi) is 8.17. The number of carbonyl (C=O) groups is 2. The fraction of sp³-hybridized carbons (Fsp3) is 0.700. The Bertz CT molecular complexity index is 620. The lowest BCUT2D eigenvalue weighted by Gasteiger charge is -2.34. The first-order valence-electron chi connectivity index (χ1n) is 9.88. The summed E-state index contributed by atoms with van der Waals surface area (Å²) >= 11 is 0. The highest BCUT2D eigenvalue weighted by atomic mass is 35.5. The minimum Gasteiger partial charge on any atom is -0.469 e. The van der Waals surface area contributed by atoms with Crippen LogP contribution in [0.25, 0.3) is 0 Å². The third-order valence-electron chi connectivity index (χ3n) is 5.92. The van der Waals surface area contributed by atoms with Gasteiger partial charge in [-0.1, -0.05) is 6.92 Å². The van der Waals surface area contributed by atoms with Crippen LogP contribution in [-0.4, -0.2) is 48.9 Å². The van der Waals surface area contributed by atoms with E-state index in [0.717, 1.165) is 39.0 Å². The Balaban J connectivity index is 0.00000261. The maximum atomic E-state index is 12.6. The lowest BCUT2D eigenvalue weighted by atomic mass is 9.85. The van der Waals surface area contributed by atoms with Gasteiger partial charge >= 0.3 is 0 Å². The van der Waals surface area contributed by atoms with E-state index in [1.807, 2.05) is 4.90 Å². The minimum absolute atomic E-state index is 0. The monoisotopic (exact) mass is 397 g/mol. The predicted molar refractivity (Wildman–Crippen MR) is 107 cm³/mol. The summed E-state index contributed by atoms with van der Waals surface area (Å²) in [7, 11) is 0. The molecule has 2 unspecified atom stereocenters. The number of aryl methyl sites for hydroxylation is 1. The maximum absolute atomic E-state index is 12.6. The number of nitrogens with one attached hydrogen (secondary N) is 2. The van der Waals surface area contributed by atoms with Crippen LogP contribution in [0.4, 0.5) is 0 Å². The zero-order valence-electron chi connectivity index (χ0n) is 16.3. The SMILES string of the molecule is Cc1occc1C(=O)NC1CCN(C(=O)CC(C)C2CCCNC2)CC1.Cl. The molecule has 2 aliphatic heterocycles. The second-order valence-corrected chi connectivity index (χ2v) is 7.81. The van der Waals surface area contributed by atoms with Gasteiger partial charge in [-0.15, -0.1) is 12.4 Å². The summed E-state index contributed by atoms with van der Waals surface area (Å²) in [6.45, 7) is 7.59. The van der Waals surface area contributed by atoms with Gasteiger partial charge in [-0.05, 0) is 63.6 Å². The molecule has 2 N–H and O–H groups in total. The molecule has 0 aliphatic carbocycles. The third kappa shape index (κ3) is 5.72. The molecular formula is C20H32ClN3O3. The van der Waals surface area contributed by atoms with E-state index >= 15 is 0 Å². The average molecular weight is 398 g/mol. The standard InChI is InChI=1S/C20H31N3O3.ClH/c1-14(16-4-3-8-21-13-16)12-19(24)23-9-5-17(6-10-23)22-20(25)18-7-11-26-15(18)2;/h7,11,14,16-17,21H,3-6,8-10,12-13H2,1-2H3,(H,22,25);1H.